The highest BCUT2D eigenvalue weighted by Gasteiger charge is 2.31. The topological polar surface area (TPSA) is 29.3 Å². The largest absolute Gasteiger partial charge is 0.399 e. The molecule has 1 aromatic rings. The fraction of sp³-hybridized carbons (Fsp3) is 0.500. The van der Waals surface area contributed by atoms with E-state index < -0.39 is 0 Å². The highest BCUT2D eigenvalue weighted by molar-refractivity contribution is 9.10. The van der Waals surface area contributed by atoms with Crippen LogP contribution < -0.4 is 10.6 Å². The number of nitrogen functional groups attached to an aromatic ring is 1. The molecule has 3 heteroatoms. The van der Waals surface area contributed by atoms with Gasteiger partial charge in [-0.05, 0) is 59.8 Å². The summed E-state index contributed by atoms with van der Waals surface area (Å²) < 4.78 is 1.08. The number of nitrogens with two attached hydrogens (primary N) is 1. The molecule has 1 atom stereocenters. The van der Waals surface area contributed by atoms with Gasteiger partial charge in [0.2, 0.25) is 0 Å². The molecule has 1 aliphatic rings. The number of anilines is 2. The van der Waals surface area contributed by atoms with Gasteiger partial charge in [-0.1, -0.05) is 0 Å². The van der Waals surface area contributed by atoms with E-state index in [9.17, 15) is 0 Å². The summed E-state index contributed by atoms with van der Waals surface area (Å²) >= 11 is 3.56. The lowest BCUT2D eigenvalue weighted by Crippen LogP contribution is -2.30. The van der Waals surface area contributed by atoms with E-state index in [1.807, 2.05) is 12.1 Å². The molecule has 1 aromatic carbocycles. The summed E-state index contributed by atoms with van der Waals surface area (Å²) in [6, 6.07) is 6.62. The maximum absolute atomic E-state index is 5.73. The van der Waals surface area contributed by atoms with Crippen molar-refractivity contribution in [3.8, 4) is 0 Å². The maximum Gasteiger partial charge on any atom is 0.0512 e. The Balaban J connectivity index is 2.20. The van der Waals surface area contributed by atoms with Crippen molar-refractivity contribution < 1.29 is 0 Å². The molecule has 0 bridgehead atoms. The van der Waals surface area contributed by atoms with Gasteiger partial charge in [-0.3, -0.25) is 0 Å². The van der Waals surface area contributed by atoms with Crippen LogP contribution in [0.3, 0.4) is 0 Å². The van der Waals surface area contributed by atoms with Gasteiger partial charge in [-0.25, -0.2) is 0 Å². The van der Waals surface area contributed by atoms with Gasteiger partial charge in [0.05, 0.1) is 5.69 Å². The second-order valence-electron chi connectivity index (χ2n) is 4.40. The SMILES string of the molecule is CC(C1CC1)N(C)c1ccc(N)cc1Br. The molecule has 1 saturated carbocycles. The first-order valence-corrected chi connectivity index (χ1v) is 6.16. The Morgan fingerprint density at radius 1 is 1.47 bits per heavy atom. The smallest absolute Gasteiger partial charge is 0.0512 e. The van der Waals surface area contributed by atoms with Crippen molar-refractivity contribution in [3.05, 3.63) is 22.7 Å². The fourth-order valence-electron chi connectivity index (χ4n) is 1.92. The Bertz CT molecular complexity index is 361. The highest BCUT2D eigenvalue weighted by Crippen LogP contribution is 2.38. The van der Waals surface area contributed by atoms with Crippen LogP contribution in [0.25, 0.3) is 0 Å². The lowest BCUT2D eigenvalue weighted by Gasteiger charge is -2.28. The highest BCUT2D eigenvalue weighted by atomic mass is 79.9. The molecule has 1 aliphatic carbocycles. The second kappa shape index (κ2) is 4.05. The van der Waals surface area contributed by atoms with Gasteiger partial charge in [0.1, 0.15) is 0 Å². The predicted octanol–water partition coefficient (Wildman–Crippen LogP) is 3.27. The van der Waals surface area contributed by atoms with Crippen molar-refractivity contribution in [2.75, 3.05) is 17.7 Å². The summed E-state index contributed by atoms with van der Waals surface area (Å²) in [4.78, 5) is 2.33. The van der Waals surface area contributed by atoms with Crippen LogP contribution in [0.15, 0.2) is 22.7 Å². The first-order chi connectivity index (χ1) is 7.09. The monoisotopic (exact) mass is 268 g/mol. The van der Waals surface area contributed by atoms with E-state index in [0.717, 1.165) is 16.1 Å². The average Bonchev–Trinajstić information content (AvgIpc) is 2.99. The van der Waals surface area contributed by atoms with E-state index >= 15 is 0 Å². The molecule has 0 aliphatic heterocycles. The normalized spacial score (nSPS) is 17.5. The Morgan fingerprint density at radius 2 is 2.13 bits per heavy atom. The molecule has 2 N–H and O–H groups in total. The van der Waals surface area contributed by atoms with E-state index in [1.165, 1.54) is 18.5 Å². The van der Waals surface area contributed by atoms with Crippen LogP contribution in [-0.4, -0.2) is 13.1 Å². The van der Waals surface area contributed by atoms with Gasteiger partial charge in [0, 0.05) is 23.2 Å². The van der Waals surface area contributed by atoms with E-state index in [4.69, 9.17) is 5.73 Å². The third kappa shape index (κ3) is 2.28. The molecule has 0 radical (unpaired) electrons. The van der Waals surface area contributed by atoms with Crippen molar-refractivity contribution in [1.82, 2.24) is 0 Å². The molecule has 1 fully saturated rings. The number of benzene rings is 1. The van der Waals surface area contributed by atoms with Gasteiger partial charge in [0.15, 0.2) is 0 Å². The molecule has 0 heterocycles. The maximum atomic E-state index is 5.73. The third-order valence-corrected chi connectivity index (χ3v) is 3.90. The molecule has 2 rings (SSSR count). The summed E-state index contributed by atoms with van der Waals surface area (Å²) in [5.74, 6) is 0.874. The quantitative estimate of drug-likeness (QED) is 0.853. The second-order valence-corrected chi connectivity index (χ2v) is 5.25. The molecule has 15 heavy (non-hydrogen) atoms. The Labute approximate surface area is 99.6 Å². The number of halogens is 1. The fourth-order valence-corrected chi connectivity index (χ4v) is 2.60. The van der Waals surface area contributed by atoms with Gasteiger partial charge in [-0.2, -0.15) is 0 Å². The Morgan fingerprint density at radius 3 is 2.67 bits per heavy atom. The molecule has 0 saturated heterocycles. The van der Waals surface area contributed by atoms with Gasteiger partial charge < -0.3 is 10.6 Å². The van der Waals surface area contributed by atoms with E-state index in [0.29, 0.717) is 6.04 Å². The molecule has 0 amide bonds. The van der Waals surface area contributed by atoms with E-state index in [-0.39, 0.29) is 0 Å². The minimum atomic E-state index is 0.616. The van der Waals surface area contributed by atoms with Crippen LogP contribution in [0.5, 0.6) is 0 Å². The van der Waals surface area contributed by atoms with Gasteiger partial charge in [-0.15, -0.1) is 0 Å². The predicted molar refractivity (Wildman–Crippen MR) is 69.1 cm³/mol. The molecular weight excluding hydrogens is 252 g/mol. The van der Waals surface area contributed by atoms with Crippen LogP contribution in [0.4, 0.5) is 11.4 Å². The lowest BCUT2D eigenvalue weighted by molar-refractivity contribution is 0.608. The first-order valence-electron chi connectivity index (χ1n) is 5.37. The zero-order valence-electron chi connectivity index (χ0n) is 9.20. The summed E-state index contributed by atoms with van der Waals surface area (Å²) in [6.45, 7) is 2.29. The molecule has 0 spiro atoms. The molecule has 1 unspecified atom stereocenters. The Kier molecular flexibility index (Phi) is 2.91. The number of nitrogens with zero attached hydrogens (tertiary/aromatic N) is 1. The van der Waals surface area contributed by atoms with Crippen LogP contribution >= 0.6 is 15.9 Å². The third-order valence-electron chi connectivity index (χ3n) is 3.27. The standard InChI is InChI=1S/C12H17BrN2/c1-8(9-3-4-9)15(2)12-6-5-10(14)7-11(12)13/h5-9H,3-4,14H2,1-2H3. The van der Waals surface area contributed by atoms with Crippen LogP contribution in [-0.2, 0) is 0 Å². The lowest BCUT2D eigenvalue weighted by atomic mass is 10.1. The first kappa shape index (κ1) is 10.8. The van der Waals surface area contributed by atoms with Crippen molar-refractivity contribution in [2.24, 2.45) is 5.92 Å². The van der Waals surface area contributed by atoms with Crippen molar-refractivity contribution in [1.29, 1.82) is 0 Å². The minimum absolute atomic E-state index is 0.616. The number of hydrogen-bond donors (Lipinski definition) is 1. The Hall–Kier alpha value is -0.700. The summed E-state index contributed by atoms with van der Waals surface area (Å²) in [6.07, 6.45) is 2.75. The van der Waals surface area contributed by atoms with Crippen LogP contribution in [0, 0.1) is 5.92 Å². The van der Waals surface area contributed by atoms with Gasteiger partial charge >= 0.3 is 0 Å². The average molecular weight is 269 g/mol. The molecular formula is C12H17BrN2. The summed E-state index contributed by atoms with van der Waals surface area (Å²) in [5.41, 5.74) is 7.76. The molecule has 82 valence electrons. The summed E-state index contributed by atoms with van der Waals surface area (Å²) in [5, 5.41) is 0. The van der Waals surface area contributed by atoms with E-state index in [2.05, 4.69) is 40.9 Å². The number of hydrogen-bond acceptors (Lipinski definition) is 2. The minimum Gasteiger partial charge on any atom is -0.399 e. The molecule has 0 aromatic heterocycles. The zero-order valence-corrected chi connectivity index (χ0v) is 10.8. The van der Waals surface area contributed by atoms with Gasteiger partial charge in [0.25, 0.3) is 0 Å². The number of rotatable bonds is 3. The van der Waals surface area contributed by atoms with E-state index in [1.54, 1.807) is 0 Å². The van der Waals surface area contributed by atoms with Crippen LogP contribution in [0.2, 0.25) is 0 Å². The molecule has 2 nitrogen and oxygen atoms in total. The zero-order chi connectivity index (χ0) is 11.0. The van der Waals surface area contributed by atoms with Crippen molar-refractivity contribution in [3.63, 3.8) is 0 Å². The van der Waals surface area contributed by atoms with Crippen molar-refractivity contribution >= 4 is 27.3 Å². The summed E-state index contributed by atoms with van der Waals surface area (Å²) in [7, 11) is 2.15. The van der Waals surface area contributed by atoms with Crippen LogP contribution in [0.1, 0.15) is 19.8 Å². The van der Waals surface area contributed by atoms with Crippen molar-refractivity contribution in [2.45, 2.75) is 25.8 Å².